The molecule has 0 N–H and O–H groups in total. The quantitative estimate of drug-likeness (QED) is 0.775. The number of halogens is 1. The highest BCUT2D eigenvalue weighted by molar-refractivity contribution is 9.10. The largest absolute Gasteiger partial charge is 0.490 e. The normalized spacial score (nSPS) is 10.8. The van der Waals surface area contributed by atoms with Gasteiger partial charge < -0.3 is 4.74 Å². The topological polar surface area (TPSA) is 9.23 Å². The zero-order valence-corrected chi connectivity index (χ0v) is 11.5. The van der Waals surface area contributed by atoms with E-state index in [2.05, 4.69) is 55.8 Å². The van der Waals surface area contributed by atoms with Crippen molar-refractivity contribution >= 4 is 15.9 Å². The third-order valence-corrected chi connectivity index (χ3v) is 3.87. The summed E-state index contributed by atoms with van der Waals surface area (Å²) in [4.78, 5) is 0. The molecule has 84 valence electrons. The molecule has 0 spiro atoms. The zero-order chi connectivity index (χ0) is 11.4. The molecule has 0 bridgehead atoms. The van der Waals surface area contributed by atoms with E-state index >= 15 is 0 Å². The Hall–Kier alpha value is -0.500. The van der Waals surface area contributed by atoms with Crippen molar-refractivity contribution < 1.29 is 4.74 Å². The van der Waals surface area contributed by atoms with Crippen LogP contribution in [0.25, 0.3) is 0 Å². The average molecular weight is 271 g/mol. The van der Waals surface area contributed by atoms with Crippen LogP contribution in [0.1, 0.15) is 37.8 Å². The Morgan fingerprint density at radius 3 is 2.00 bits per heavy atom. The van der Waals surface area contributed by atoms with Crippen molar-refractivity contribution in [3.8, 4) is 5.75 Å². The molecule has 0 saturated carbocycles. The van der Waals surface area contributed by atoms with Crippen LogP contribution in [-0.2, 0) is 0 Å². The van der Waals surface area contributed by atoms with Gasteiger partial charge in [0.1, 0.15) is 5.75 Å². The van der Waals surface area contributed by atoms with Crippen molar-refractivity contribution in [1.29, 1.82) is 0 Å². The summed E-state index contributed by atoms with van der Waals surface area (Å²) in [5, 5.41) is 0. The molecular weight excluding hydrogens is 252 g/mol. The first-order valence-corrected chi connectivity index (χ1v) is 6.31. The van der Waals surface area contributed by atoms with Crippen LogP contribution in [0.5, 0.6) is 5.75 Å². The fourth-order valence-corrected chi connectivity index (χ4v) is 1.85. The highest BCUT2D eigenvalue weighted by Gasteiger charge is 2.07. The summed E-state index contributed by atoms with van der Waals surface area (Å²) in [5.74, 6) is 0.988. The summed E-state index contributed by atoms with van der Waals surface area (Å²) >= 11 is 3.56. The third kappa shape index (κ3) is 3.23. The molecule has 1 aromatic rings. The van der Waals surface area contributed by atoms with Gasteiger partial charge in [0.2, 0.25) is 0 Å². The maximum atomic E-state index is 5.91. The molecule has 0 radical (unpaired) electrons. The minimum absolute atomic E-state index is 0.338. The van der Waals surface area contributed by atoms with Gasteiger partial charge in [0.05, 0.1) is 6.10 Å². The van der Waals surface area contributed by atoms with Crippen molar-refractivity contribution in [2.24, 2.45) is 0 Å². The summed E-state index contributed by atoms with van der Waals surface area (Å²) in [6.45, 7) is 8.51. The summed E-state index contributed by atoms with van der Waals surface area (Å²) in [5.41, 5.74) is 2.46. The second-order valence-corrected chi connectivity index (χ2v) is 4.72. The number of hydrogen-bond acceptors (Lipinski definition) is 1. The summed E-state index contributed by atoms with van der Waals surface area (Å²) < 4.78 is 7.09. The zero-order valence-electron chi connectivity index (χ0n) is 9.93. The molecule has 0 saturated heterocycles. The van der Waals surface area contributed by atoms with Gasteiger partial charge in [0.25, 0.3) is 0 Å². The lowest BCUT2D eigenvalue weighted by atomic mass is 10.1. The number of aryl methyl sites for hydroxylation is 2. The molecule has 0 amide bonds. The minimum Gasteiger partial charge on any atom is -0.490 e. The second kappa shape index (κ2) is 5.55. The van der Waals surface area contributed by atoms with E-state index in [4.69, 9.17) is 4.74 Å². The van der Waals surface area contributed by atoms with Gasteiger partial charge in [-0.3, -0.25) is 0 Å². The lowest BCUT2D eigenvalue weighted by molar-refractivity contribution is 0.192. The fraction of sp³-hybridized carbons (Fsp3) is 0.538. The van der Waals surface area contributed by atoms with E-state index in [0.29, 0.717) is 6.10 Å². The maximum absolute atomic E-state index is 5.91. The van der Waals surface area contributed by atoms with Gasteiger partial charge in [-0.2, -0.15) is 0 Å². The SMILES string of the molecule is CCC(CC)Oc1cc(C)c(Br)c(C)c1. The molecule has 0 unspecified atom stereocenters. The van der Waals surface area contributed by atoms with Gasteiger partial charge in [-0.05, 0) is 49.9 Å². The molecule has 1 aromatic carbocycles. The lowest BCUT2D eigenvalue weighted by Gasteiger charge is -2.17. The van der Waals surface area contributed by atoms with Crippen LogP contribution in [-0.4, -0.2) is 6.10 Å². The Morgan fingerprint density at radius 2 is 1.60 bits per heavy atom. The van der Waals surface area contributed by atoms with Gasteiger partial charge in [-0.25, -0.2) is 0 Å². The Morgan fingerprint density at radius 1 is 1.13 bits per heavy atom. The van der Waals surface area contributed by atoms with Gasteiger partial charge in [0, 0.05) is 4.47 Å². The van der Waals surface area contributed by atoms with E-state index in [9.17, 15) is 0 Å². The van der Waals surface area contributed by atoms with Crippen LogP contribution in [0.2, 0.25) is 0 Å². The summed E-state index contributed by atoms with van der Waals surface area (Å²) in [6.07, 6.45) is 2.46. The first kappa shape index (κ1) is 12.6. The standard InChI is InChI=1S/C13H19BrO/c1-5-11(6-2)15-12-7-9(3)13(14)10(4)8-12/h7-8,11H,5-6H2,1-4H3. The Balaban J connectivity index is 2.87. The van der Waals surface area contributed by atoms with Gasteiger partial charge >= 0.3 is 0 Å². The van der Waals surface area contributed by atoms with Crippen LogP contribution in [0.4, 0.5) is 0 Å². The Labute approximate surface area is 101 Å². The van der Waals surface area contributed by atoms with E-state index in [0.717, 1.165) is 18.6 Å². The molecule has 1 nitrogen and oxygen atoms in total. The van der Waals surface area contributed by atoms with Crippen LogP contribution in [0, 0.1) is 13.8 Å². The van der Waals surface area contributed by atoms with Crippen molar-refractivity contribution in [3.63, 3.8) is 0 Å². The Kier molecular flexibility index (Phi) is 4.65. The van der Waals surface area contributed by atoms with Crippen molar-refractivity contribution in [3.05, 3.63) is 27.7 Å². The minimum atomic E-state index is 0.338. The number of hydrogen-bond donors (Lipinski definition) is 0. The molecule has 1 rings (SSSR count). The van der Waals surface area contributed by atoms with Crippen LogP contribution in [0.15, 0.2) is 16.6 Å². The number of benzene rings is 1. The predicted octanol–water partition coefficient (Wildman–Crippen LogP) is 4.63. The summed E-state index contributed by atoms with van der Waals surface area (Å²) in [7, 11) is 0. The monoisotopic (exact) mass is 270 g/mol. The van der Waals surface area contributed by atoms with E-state index < -0.39 is 0 Å². The van der Waals surface area contributed by atoms with Gasteiger partial charge in [-0.1, -0.05) is 29.8 Å². The van der Waals surface area contributed by atoms with Crippen LogP contribution >= 0.6 is 15.9 Å². The number of ether oxygens (including phenoxy) is 1. The molecule has 0 aliphatic heterocycles. The first-order valence-electron chi connectivity index (χ1n) is 5.51. The maximum Gasteiger partial charge on any atom is 0.120 e. The Bertz CT molecular complexity index is 306. The summed E-state index contributed by atoms with van der Waals surface area (Å²) in [6, 6.07) is 4.19. The predicted molar refractivity (Wildman–Crippen MR) is 68.6 cm³/mol. The van der Waals surface area contributed by atoms with Gasteiger partial charge in [0.15, 0.2) is 0 Å². The van der Waals surface area contributed by atoms with Crippen molar-refractivity contribution in [2.75, 3.05) is 0 Å². The third-order valence-electron chi connectivity index (χ3n) is 2.62. The molecule has 0 aliphatic rings. The highest BCUT2D eigenvalue weighted by atomic mass is 79.9. The molecule has 2 heteroatoms. The molecule has 0 aromatic heterocycles. The molecule has 0 aliphatic carbocycles. The van der Waals surface area contributed by atoms with E-state index in [-0.39, 0.29) is 0 Å². The van der Waals surface area contributed by atoms with Crippen molar-refractivity contribution in [2.45, 2.75) is 46.6 Å². The molecule has 0 fully saturated rings. The second-order valence-electron chi connectivity index (χ2n) is 3.93. The molecule has 0 atom stereocenters. The van der Waals surface area contributed by atoms with E-state index in [1.165, 1.54) is 15.6 Å². The smallest absolute Gasteiger partial charge is 0.120 e. The van der Waals surface area contributed by atoms with Crippen LogP contribution in [0.3, 0.4) is 0 Å². The lowest BCUT2D eigenvalue weighted by Crippen LogP contribution is -2.13. The molecular formula is C13H19BrO. The van der Waals surface area contributed by atoms with Crippen molar-refractivity contribution in [1.82, 2.24) is 0 Å². The average Bonchev–Trinajstić information content (AvgIpc) is 2.22. The van der Waals surface area contributed by atoms with E-state index in [1.807, 2.05) is 0 Å². The molecule has 0 heterocycles. The van der Waals surface area contributed by atoms with Crippen LogP contribution < -0.4 is 4.74 Å². The molecule has 15 heavy (non-hydrogen) atoms. The van der Waals surface area contributed by atoms with E-state index in [1.54, 1.807) is 0 Å². The fourth-order valence-electron chi connectivity index (χ4n) is 1.62. The van der Waals surface area contributed by atoms with Gasteiger partial charge in [-0.15, -0.1) is 0 Å². The first-order chi connectivity index (χ1) is 7.08. The highest BCUT2D eigenvalue weighted by Crippen LogP contribution is 2.27. The number of rotatable bonds is 4.